The molecule has 1 aromatic carbocycles. The summed E-state index contributed by atoms with van der Waals surface area (Å²) in [5.74, 6) is -2.66. The average Bonchev–Trinajstić information content (AvgIpc) is 3.52. The highest BCUT2D eigenvalue weighted by Gasteiger charge is 2.39. The molecule has 8 nitrogen and oxygen atoms in total. The Hall–Kier alpha value is -2.86. The summed E-state index contributed by atoms with van der Waals surface area (Å²) in [7, 11) is 0. The molecule has 2 aromatic heterocycles. The largest absolute Gasteiger partial charge is 0.481 e. The number of thiophene rings is 1. The first-order chi connectivity index (χ1) is 19.4. The van der Waals surface area contributed by atoms with Gasteiger partial charge in [-0.15, -0.1) is 0 Å². The van der Waals surface area contributed by atoms with Crippen LogP contribution < -0.4 is 15.8 Å². The van der Waals surface area contributed by atoms with Gasteiger partial charge in [-0.2, -0.15) is 5.10 Å². The molecule has 0 bridgehead atoms. The van der Waals surface area contributed by atoms with Crippen LogP contribution >= 0.6 is 11.3 Å². The molecule has 3 aromatic rings. The Labute approximate surface area is 236 Å². The van der Waals surface area contributed by atoms with Crippen molar-refractivity contribution in [3.8, 4) is 16.3 Å². The van der Waals surface area contributed by atoms with E-state index >= 15 is 0 Å². The van der Waals surface area contributed by atoms with Crippen LogP contribution in [0.2, 0.25) is 0 Å². The lowest BCUT2D eigenvalue weighted by Gasteiger charge is -2.39. The van der Waals surface area contributed by atoms with E-state index in [2.05, 4.69) is 15.3 Å². The number of nitrogens with one attached hydrogen (secondary N) is 1. The smallest absolute Gasteiger partial charge is 0.259 e. The molecule has 40 heavy (non-hydrogen) atoms. The minimum Gasteiger partial charge on any atom is -0.481 e. The van der Waals surface area contributed by atoms with Gasteiger partial charge >= 0.3 is 0 Å². The fourth-order valence-electron chi connectivity index (χ4n) is 6.58. The lowest BCUT2D eigenvalue weighted by molar-refractivity contribution is 0.0811. The SMILES string of the molecule is NC(=O)c1sc2c(c1[C@H]1CN[C@H](CCCN3CCC(O)CC3)C[C@@H]1c1ccc(F)c(F)c1)-c1ccnn1CCO2. The zero-order valence-corrected chi connectivity index (χ0v) is 23.1. The van der Waals surface area contributed by atoms with Gasteiger partial charge in [0.15, 0.2) is 16.7 Å². The summed E-state index contributed by atoms with van der Waals surface area (Å²) < 4.78 is 36.4. The number of halogens is 2. The standard InChI is InChI=1S/C29H35F2N5O3S/c30-22-4-3-17(14-23(22)31)20-15-18(2-1-9-35-10-6-19(37)7-11-35)33-16-21(20)25-26-24-5-8-34-36(24)12-13-39-29(26)40-27(25)28(32)38/h3-5,8,14,18-21,33,37H,1-2,6-7,9-13,15-16H2,(H2,32,38)/t18-,20-,21+/m1/s1. The van der Waals surface area contributed by atoms with Gasteiger partial charge < -0.3 is 25.8 Å². The number of likely N-dealkylation sites (tertiary alicyclic amines) is 1. The van der Waals surface area contributed by atoms with Gasteiger partial charge in [-0.25, -0.2) is 8.78 Å². The zero-order chi connectivity index (χ0) is 27.8. The Morgan fingerprint density at radius 2 is 2.00 bits per heavy atom. The van der Waals surface area contributed by atoms with Crippen LogP contribution in [0.25, 0.3) is 11.3 Å². The third-order valence-electron chi connectivity index (χ3n) is 8.62. The number of fused-ring (bicyclic) bond motifs is 3. The highest BCUT2D eigenvalue weighted by Crippen LogP contribution is 2.51. The van der Waals surface area contributed by atoms with E-state index in [9.17, 15) is 18.7 Å². The van der Waals surface area contributed by atoms with Crippen LogP contribution in [0, 0.1) is 11.6 Å². The lowest BCUT2D eigenvalue weighted by atomic mass is 9.73. The number of aromatic nitrogens is 2. The van der Waals surface area contributed by atoms with Crippen LogP contribution in [-0.4, -0.2) is 70.6 Å². The van der Waals surface area contributed by atoms with Crippen molar-refractivity contribution in [2.75, 3.05) is 32.8 Å². The molecule has 0 spiro atoms. The molecule has 0 radical (unpaired) electrons. The van der Waals surface area contributed by atoms with Crippen molar-refractivity contribution in [3.05, 3.63) is 58.1 Å². The van der Waals surface area contributed by atoms with Crippen molar-refractivity contribution in [1.82, 2.24) is 20.0 Å². The maximum atomic E-state index is 14.5. The number of benzene rings is 1. The van der Waals surface area contributed by atoms with E-state index < -0.39 is 17.5 Å². The van der Waals surface area contributed by atoms with Crippen molar-refractivity contribution in [1.29, 1.82) is 0 Å². The lowest BCUT2D eigenvalue weighted by Crippen LogP contribution is -2.43. The number of rotatable bonds is 7. The summed E-state index contributed by atoms with van der Waals surface area (Å²) in [6.45, 7) is 4.36. The Bertz CT molecular complexity index is 1370. The molecule has 5 heterocycles. The second-order valence-electron chi connectivity index (χ2n) is 11.1. The van der Waals surface area contributed by atoms with Crippen molar-refractivity contribution in [3.63, 3.8) is 0 Å². The van der Waals surface area contributed by atoms with E-state index in [-0.39, 0.29) is 24.0 Å². The second-order valence-corrected chi connectivity index (χ2v) is 12.1. The molecule has 4 N–H and O–H groups in total. The summed E-state index contributed by atoms with van der Waals surface area (Å²) >= 11 is 1.25. The summed E-state index contributed by atoms with van der Waals surface area (Å²) in [5.41, 5.74) is 9.10. The molecule has 1 amide bonds. The van der Waals surface area contributed by atoms with Crippen molar-refractivity contribution < 1.29 is 23.4 Å². The number of carbonyl (C=O) groups excluding carboxylic acids is 1. The molecule has 2 saturated heterocycles. The van der Waals surface area contributed by atoms with E-state index in [1.165, 1.54) is 23.5 Å². The predicted molar refractivity (Wildman–Crippen MR) is 149 cm³/mol. The van der Waals surface area contributed by atoms with Crippen LogP contribution in [-0.2, 0) is 6.54 Å². The minimum absolute atomic E-state index is 0.164. The number of amides is 1. The first kappa shape index (κ1) is 27.3. The average molecular weight is 572 g/mol. The number of hydrogen-bond donors (Lipinski definition) is 3. The second kappa shape index (κ2) is 11.6. The van der Waals surface area contributed by atoms with Crippen molar-refractivity contribution >= 4 is 17.2 Å². The van der Waals surface area contributed by atoms with E-state index in [4.69, 9.17) is 10.5 Å². The zero-order valence-electron chi connectivity index (χ0n) is 22.3. The van der Waals surface area contributed by atoms with Gasteiger partial charge in [-0.3, -0.25) is 9.48 Å². The molecule has 6 rings (SSSR count). The van der Waals surface area contributed by atoms with Crippen LogP contribution in [0.15, 0.2) is 30.5 Å². The molecule has 214 valence electrons. The Morgan fingerprint density at radius 3 is 2.77 bits per heavy atom. The number of carbonyl (C=O) groups is 1. The van der Waals surface area contributed by atoms with E-state index in [0.29, 0.717) is 41.6 Å². The van der Waals surface area contributed by atoms with Gasteiger partial charge in [0.25, 0.3) is 5.91 Å². The maximum Gasteiger partial charge on any atom is 0.259 e. The number of nitrogens with zero attached hydrogens (tertiary/aromatic N) is 3. The van der Waals surface area contributed by atoms with E-state index in [1.54, 1.807) is 12.3 Å². The van der Waals surface area contributed by atoms with Crippen LogP contribution in [0.5, 0.6) is 5.06 Å². The van der Waals surface area contributed by atoms with E-state index in [1.807, 2.05) is 10.7 Å². The van der Waals surface area contributed by atoms with Crippen molar-refractivity contribution in [2.24, 2.45) is 5.73 Å². The molecule has 0 unspecified atom stereocenters. The van der Waals surface area contributed by atoms with Crippen LogP contribution in [0.4, 0.5) is 8.78 Å². The number of aliphatic hydroxyl groups is 1. The molecule has 3 aliphatic heterocycles. The van der Waals surface area contributed by atoms with Crippen LogP contribution in [0.1, 0.15) is 64.7 Å². The van der Waals surface area contributed by atoms with Gasteiger partial charge in [0.1, 0.15) is 6.61 Å². The summed E-state index contributed by atoms with van der Waals surface area (Å²) in [5, 5.41) is 18.6. The number of ether oxygens (including phenoxy) is 1. The molecule has 2 fully saturated rings. The molecule has 0 saturated carbocycles. The summed E-state index contributed by atoms with van der Waals surface area (Å²) in [6, 6.07) is 6.24. The topological polar surface area (TPSA) is 106 Å². The normalized spacial score (nSPS) is 23.7. The quantitative estimate of drug-likeness (QED) is 0.398. The highest BCUT2D eigenvalue weighted by molar-refractivity contribution is 7.16. The van der Waals surface area contributed by atoms with Crippen molar-refractivity contribution in [2.45, 2.75) is 62.6 Å². The third kappa shape index (κ3) is 5.39. The van der Waals surface area contributed by atoms with Crippen LogP contribution in [0.3, 0.4) is 0 Å². The summed E-state index contributed by atoms with van der Waals surface area (Å²) in [4.78, 5) is 15.6. The molecule has 0 aliphatic carbocycles. The molecule has 3 atom stereocenters. The number of piperidine rings is 2. The highest BCUT2D eigenvalue weighted by atomic mass is 32.1. The first-order valence-corrected chi connectivity index (χ1v) is 14.9. The fourth-order valence-corrected chi connectivity index (χ4v) is 7.69. The number of aliphatic hydroxyl groups excluding tert-OH is 1. The van der Waals surface area contributed by atoms with Gasteiger partial charge in [0.2, 0.25) is 0 Å². The van der Waals surface area contributed by atoms with E-state index in [0.717, 1.165) is 62.1 Å². The first-order valence-electron chi connectivity index (χ1n) is 14.1. The molecular weight excluding hydrogens is 536 g/mol. The molecular formula is C29H35F2N5O3S. The Morgan fingerprint density at radius 1 is 1.18 bits per heavy atom. The van der Waals surface area contributed by atoms with Gasteiger partial charge in [-0.1, -0.05) is 17.4 Å². The van der Waals surface area contributed by atoms with Gasteiger partial charge in [0, 0.05) is 37.8 Å². The fraction of sp³-hybridized carbons (Fsp3) is 0.517. The van der Waals surface area contributed by atoms with Gasteiger partial charge in [0.05, 0.1) is 28.8 Å². The number of nitrogens with two attached hydrogens (primary N) is 1. The summed E-state index contributed by atoms with van der Waals surface area (Å²) in [6.07, 6.45) is 5.82. The monoisotopic (exact) mass is 571 g/mol. The predicted octanol–water partition coefficient (Wildman–Crippen LogP) is 3.85. The Balaban J connectivity index is 1.31. The molecule has 3 aliphatic rings. The molecule has 11 heteroatoms. The maximum absolute atomic E-state index is 14.5. The number of primary amides is 1. The third-order valence-corrected chi connectivity index (χ3v) is 9.76. The minimum atomic E-state index is -0.878. The Kier molecular flexibility index (Phi) is 7.89. The van der Waals surface area contributed by atoms with Gasteiger partial charge in [-0.05, 0) is 73.9 Å². The number of hydrogen-bond acceptors (Lipinski definition) is 7.